The number of ether oxygens (including phenoxy) is 2. The minimum absolute atomic E-state index is 0.101. The van der Waals surface area contributed by atoms with Crippen LogP contribution < -0.4 is 0 Å². The molecule has 2 aliphatic heterocycles. The molecule has 3 nitrogen and oxygen atoms in total. The largest absolute Gasteiger partial charge is 0.522 e. The summed E-state index contributed by atoms with van der Waals surface area (Å²) in [7, 11) is 0. The summed E-state index contributed by atoms with van der Waals surface area (Å²) in [4.78, 5) is 2.10. The highest BCUT2D eigenvalue weighted by atomic mass is 19.4. The molecule has 0 radical (unpaired) electrons. The second kappa shape index (κ2) is 4.98. The minimum atomic E-state index is -4.54. The molecule has 0 aromatic rings. The van der Waals surface area contributed by atoms with E-state index in [1.807, 2.05) is 13.8 Å². The van der Waals surface area contributed by atoms with E-state index in [1.165, 1.54) is 0 Å². The van der Waals surface area contributed by atoms with E-state index in [9.17, 15) is 13.2 Å². The first-order valence-electron chi connectivity index (χ1n) is 6.42. The highest BCUT2D eigenvalue weighted by Gasteiger charge is 2.51. The van der Waals surface area contributed by atoms with Gasteiger partial charge in [-0.3, -0.25) is 9.64 Å². The van der Waals surface area contributed by atoms with Gasteiger partial charge in [0.2, 0.25) is 0 Å². The predicted octanol–water partition coefficient (Wildman–Crippen LogP) is 2.55. The van der Waals surface area contributed by atoms with Crippen LogP contribution >= 0.6 is 0 Å². The van der Waals surface area contributed by atoms with Gasteiger partial charge >= 0.3 is 6.36 Å². The predicted molar refractivity (Wildman–Crippen MR) is 60.2 cm³/mol. The van der Waals surface area contributed by atoms with Gasteiger partial charge in [0, 0.05) is 12.1 Å². The highest BCUT2D eigenvalue weighted by Crippen LogP contribution is 2.41. The van der Waals surface area contributed by atoms with Gasteiger partial charge in [0.25, 0.3) is 0 Å². The molecule has 2 fully saturated rings. The van der Waals surface area contributed by atoms with Crippen LogP contribution in [0.1, 0.15) is 33.1 Å². The molecule has 0 N–H and O–H groups in total. The van der Waals surface area contributed by atoms with Crippen molar-refractivity contribution in [2.75, 3.05) is 19.7 Å². The van der Waals surface area contributed by atoms with Gasteiger partial charge in [-0.15, -0.1) is 13.2 Å². The van der Waals surface area contributed by atoms with Crippen molar-refractivity contribution in [3.63, 3.8) is 0 Å². The van der Waals surface area contributed by atoms with Gasteiger partial charge in [0.05, 0.1) is 18.8 Å². The van der Waals surface area contributed by atoms with Crippen molar-refractivity contribution in [3.8, 4) is 0 Å². The van der Waals surface area contributed by atoms with Crippen LogP contribution in [-0.4, -0.2) is 48.7 Å². The lowest BCUT2D eigenvalue weighted by Crippen LogP contribution is -2.43. The van der Waals surface area contributed by atoms with Crippen molar-refractivity contribution in [2.24, 2.45) is 0 Å². The van der Waals surface area contributed by atoms with Crippen molar-refractivity contribution in [1.82, 2.24) is 4.90 Å². The van der Waals surface area contributed by atoms with E-state index in [2.05, 4.69) is 9.64 Å². The van der Waals surface area contributed by atoms with Crippen LogP contribution in [0.2, 0.25) is 0 Å². The fourth-order valence-corrected chi connectivity index (χ4v) is 3.06. The molecule has 0 bridgehead atoms. The van der Waals surface area contributed by atoms with E-state index in [4.69, 9.17) is 4.74 Å². The topological polar surface area (TPSA) is 21.7 Å². The van der Waals surface area contributed by atoms with Crippen LogP contribution in [-0.2, 0) is 9.47 Å². The van der Waals surface area contributed by atoms with E-state index in [1.54, 1.807) is 0 Å². The summed E-state index contributed by atoms with van der Waals surface area (Å²) in [6.07, 6.45) is -2.84. The number of rotatable bonds is 4. The third-order valence-corrected chi connectivity index (χ3v) is 3.76. The summed E-state index contributed by atoms with van der Waals surface area (Å²) >= 11 is 0. The van der Waals surface area contributed by atoms with Crippen molar-refractivity contribution >= 4 is 0 Å². The highest BCUT2D eigenvalue weighted by molar-refractivity contribution is 5.04. The van der Waals surface area contributed by atoms with Gasteiger partial charge in [0.1, 0.15) is 0 Å². The molecule has 2 heterocycles. The molecule has 0 aromatic heterocycles. The Morgan fingerprint density at radius 2 is 2.11 bits per heavy atom. The lowest BCUT2D eigenvalue weighted by Gasteiger charge is -2.32. The zero-order valence-corrected chi connectivity index (χ0v) is 10.8. The van der Waals surface area contributed by atoms with E-state index < -0.39 is 12.5 Å². The van der Waals surface area contributed by atoms with Crippen LogP contribution in [0.3, 0.4) is 0 Å². The second-order valence-electron chi connectivity index (χ2n) is 5.52. The molecule has 0 aromatic carbocycles. The molecule has 0 unspecified atom stereocenters. The SMILES string of the molecule is CC(C)OC[C@]12CCCN1C[C@H](OC(F)(F)F)C2. The summed E-state index contributed by atoms with van der Waals surface area (Å²) in [5, 5.41) is 0. The molecule has 18 heavy (non-hydrogen) atoms. The van der Waals surface area contributed by atoms with Crippen LogP contribution in [0, 0.1) is 0 Å². The Morgan fingerprint density at radius 3 is 2.72 bits per heavy atom. The first-order valence-corrected chi connectivity index (χ1v) is 6.42. The maximum atomic E-state index is 12.3. The number of hydrogen-bond acceptors (Lipinski definition) is 3. The van der Waals surface area contributed by atoms with Crippen LogP contribution in [0.4, 0.5) is 13.2 Å². The molecule has 106 valence electrons. The average molecular weight is 267 g/mol. The fourth-order valence-electron chi connectivity index (χ4n) is 3.06. The summed E-state index contributed by atoms with van der Waals surface area (Å²) in [5.74, 6) is 0. The van der Waals surface area contributed by atoms with Gasteiger partial charge in [-0.25, -0.2) is 0 Å². The molecule has 6 heteroatoms. The van der Waals surface area contributed by atoms with Gasteiger partial charge in [0.15, 0.2) is 0 Å². The number of hydrogen-bond donors (Lipinski definition) is 0. The minimum Gasteiger partial charge on any atom is -0.377 e. The molecule has 0 spiro atoms. The standard InChI is InChI=1S/C12H20F3NO2/c1-9(2)17-8-11-4-3-5-16(11)7-10(6-11)18-12(13,14)15/h9-10H,3-8H2,1-2H3/t10-,11-/m1/s1. The van der Waals surface area contributed by atoms with Crippen molar-refractivity contribution in [3.05, 3.63) is 0 Å². The monoisotopic (exact) mass is 267 g/mol. The molecule has 0 aliphatic carbocycles. The summed E-state index contributed by atoms with van der Waals surface area (Å²) in [6.45, 7) is 5.59. The zero-order valence-electron chi connectivity index (χ0n) is 10.8. The van der Waals surface area contributed by atoms with Crippen molar-refractivity contribution in [1.29, 1.82) is 0 Å². The molecular formula is C12H20F3NO2. The van der Waals surface area contributed by atoms with Gasteiger partial charge in [-0.1, -0.05) is 0 Å². The van der Waals surface area contributed by atoms with Crippen LogP contribution in [0.25, 0.3) is 0 Å². The normalized spacial score (nSPS) is 33.3. The van der Waals surface area contributed by atoms with Crippen molar-refractivity contribution in [2.45, 2.75) is 57.2 Å². The molecule has 0 amide bonds. The first kappa shape index (κ1) is 14.1. The lowest BCUT2D eigenvalue weighted by atomic mass is 9.94. The fraction of sp³-hybridized carbons (Fsp3) is 1.00. The Balaban J connectivity index is 1.96. The Morgan fingerprint density at radius 1 is 1.39 bits per heavy atom. The van der Waals surface area contributed by atoms with E-state index >= 15 is 0 Å². The third-order valence-electron chi connectivity index (χ3n) is 3.76. The van der Waals surface area contributed by atoms with E-state index in [-0.39, 0.29) is 11.6 Å². The zero-order chi connectivity index (χ0) is 13.4. The lowest BCUT2D eigenvalue weighted by molar-refractivity contribution is -0.341. The molecule has 0 saturated carbocycles. The van der Waals surface area contributed by atoms with Crippen LogP contribution in [0.15, 0.2) is 0 Å². The number of fused-ring (bicyclic) bond motifs is 1. The van der Waals surface area contributed by atoms with Crippen LogP contribution in [0.5, 0.6) is 0 Å². The molecule has 2 atom stereocenters. The van der Waals surface area contributed by atoms with Gasteiger partial charge in [-0.05, 0) is 39.7 Å². The molecule has 2 aliphatic rings. The van der Waals surface area contributed by atoms with Gasteiger partial charge < -0.3 is 4.74 Å². The van der Waals surface area contributed by atoms with E-state index in [0.717, 1.165) is 19.4 Å². The average Bonchev–Trinajstić information content (AvgIpc) is 2.68. The Bertz CT molecular complexity index is 296. The maximum absolute atomic E-state index is 12.3. The Hall–Kier alpha value is -0.330. The Kier molecular flexibility index (Phi) is 3.90. The summed E-state index contributed by atoms with van der Waals surface area (Å²) < 4.78 is 46.6. The number of halogens is 3. The number of nitrogens with zero attached hydrogens (tertiary/aromatic N) is 1. The number of alkyl halides is 3. The molecule has 2 rings (SSSR count). The smallest absolute Gasteiger partial charge is 0.377 e. The van der Waals surface area contributed by atoms with E-state index in [0.29, 0.717) is 19.6 Å². The quantitative estimate of drug-likeness (QED) is 0.781. The Labute approximate surface area is 105 Å². The molecular weight excluding hydrogens is 247 g/mol. The first-order chi connectivity index (χ1) is 8.31. The second-order valence-corrected chi connectivity index (χ2v) is 5.52. The third kappa shape index (κ3) is 3.16. The van der Waals surface area contributed by atoms with Gasteiger partial charge in [-0.2, -0.15) is 0 Å². The molecule has 2 saturated heterocycles. The maximum Gasteiger partial charge on any atom is 0.522 e. The summed E-state index contributed by atoms with van der Waals surface area (Å²) in [6, 6.07) is 0. The summed E-state index contributed by atoms with van der Waals surface area (Å²) in [5.41, 5.74) is -0.236. The van der Waals surface area contributed by atoms with Crippen molar-refractivity contribution < 1.29 is 22.6 Å².